The Morgan fingerprint density at radius 1 is 1.46 bits per heavy atom. The maximum Gasteiger partial charge on any atom is 0.0779 e. The quantitative estimate of drug-likeness (QED) is 0.577. The molecule has 1 aromatic carbocycles. The van der Waals surface area contributed by atoms with E-state index in [9.17, 15) is 0 Å². The van der Waals surface area contributed by atoms with Crippen LogP contribution in [0.15, 0.2) is 35.2 Å². The van der Waals surface area contributed by atoms with Crippen molar-refractivity contribution in [3.8, 4) is 12.3 Å². The van der Waals surface area contributed by atoms with Crippen LogP contribution in [0.25, 0.3) is 0 Å². The summed E-state index contributed by atoms with van der Waals surface area (Å²) in [7, 11) is 1.88. The molecule has 0 amide bonds. The number of rotatable bonds is 4. The average molecular weight is 191 g/mol. The fraction of sp³-hybridized carbons (Fsp3) is 0.273. The van der Waals surface area contributed by atoms with Gasteiger partial charge in [0.15, 0.2) is 0 Å². The Labute approximate surface area is 83.9 Å². The van der Waals surface area contributed by atoms with Gasteiger partial charge in [-0.05, 0) is 19.2 Å². The predicted octanol–water partition coefficient (Wildman–Crippen LogP) is 2.00. The number of nitrogens with one attached hydrogen (secondary N) is 1. The van der Waals surface area contributed by atoms with Gasteiger partial charge in [-0.3, -0.25) is 0 Å². The van der Waals surface area contributed by atoms with Crippen LogP contribution in [-0.2, 0) is 0 Å². The highest BCUT2D eigenvalue weighted by atomic mass is 32.2. The first-order valence-corrected chi connectivity index (χ1v) is 5.16. The Kier molecular flexibility index (Phi) is 4.45. The van der Waals surface area contributed by atoms with Gasteiger partial charge in [0.05, 0.1) is 6.04 Å². The normalized spacial score (nSPS) is 12.0. The Morgan fingerprint density at radius 2 is 2.15 bits per heavy atom. The number of terminal acetylenes is 1. The first-order chi connectivity index (χ1) is 6.36. The highest BCUT2D eigenvalue weighted by Gasteiger charge is 2.01. The minimum Gasteiger partial charge on any atom is -0.306 e. The van der Waals surface area contributed by atoms with Crippen LogP contribution < -0.4 is 5.32 Å². The standard InChI is InChI=1S/C11H13NS/c1-3-10(12-2)9-13-11-7-5-4-6-8-11/h1,4-8,10,12H,9H2,2H3. The lowest BCUT2D eigenvalue weighted by Crippen LogP contribution is -2.25. The molecule has 0 aliphatic carbocycles. The van der Waals surface area contributed by atoms with Gasteiger partial charge in [-0.15, -0.1) is 18.2 Å². The highest BCUT2D eigenvalue weighted by molar-refractivity contribution is 7.99. The summed E-state index contributed by atoms with van der Waals surface area (Å²) in [6, 6.07) is 10.4. The molecule has 1 rings (SSSR count). The zero-order chi connectivity index (χ0) is 9.52. The molecule has 0 saturated carbocycles. The van der Waals surface area contributed by atoms with E-state index < -0.39 is 0 Å². The van der Waals surface area contributed by atoms with E-state index in [2.05, 4.69) is 23.4 Å². The summed E-state index contributed by atoms with van der Waals surface area (Å²) in [5, 5.41) is 3.07. The maximum atomic E-state index is 5.32. The zero-order valence-corrected chi connectivity index (χ0v) is 8.47. The van der Waals surface area contributed by atoms with Gasteiger partial charge in [0.25, 0.3) is 0 Å². The summed E-state index contributed by atoms with van der Waals surface area (Å²) in [6.07, 6.45) is 5.32. The lowest BCUT2D eigenvalue weighted by molar-refractivity contribution is 0.759. The van der Waals surface area contributed by atoms with Crippen molar-refractivity contribution in [2.24, 2.45) is 0 Å². The third kappa shape index (κ3) is 3.54. The lowest BCUT2D eigenvalue weighted by Gasteiger charge is -2.07. The molecule has 0 aliphatic rings. The molecule has 1 atom stereocenters. The predicted molar refractivity (Wildman–Crippen MR) is 58.8 cm³/mol. The van der Waals surface area contributed by atoms with E-state index in [4.69, 9.17) is 6.42 Å². The number of benzene rings is 1. The molecule has 1 nitrogen and oxygen atoms in total. The van der Waals surface area contributed by atoms with Crippen LogP contribution >= 0.6 is 11.8 Å². The fourth-order valence-electron chi connectivity index (χ4n) is 0.911. The Balaban J connectivity index is 2.40. The first-order valence-electron chi connectivity index (χ1n) is 4.18. The van der Waals surface area contributed by atoms with E-state index >= 15 is 0 Å². The molecule has 13 heavy (non-hydrogen) atoms. The molecule has 1 N–H and O–H groups in total. The van der Waals surface area contributed by atoms with Gasteiger partial charge in [-0.1, -0.05) is 24.1 Å². The lowest BCUT2D eigenvalue weighted by atomic mass is 10.4. The van der Waals surface area contributed by atoms with Crippen molar-refractivity contribution in [1.29, 1.82) is 0 Å². The van der Waals surface area contributed by atoms with Gasteiger partial charge >= 0.3 is 0 Å². The van der Waals surface area contributed by atoms with Crippen molar-refractivity contribution in [3.63, 3.8) is 0 Å². The third-order valence-electron chi connectivity index (χ3n) is 1.71. The van der Waals surface area contributed by atoms with E-state index in [1.807, 2.05) is 25.2 Å². The van der Waals surface area contributed by atoms with Crippen LogP contribution in [-0.4, -0.2) is 18.8 Å². The van der Waals surface area contributed by atoms with Crippen molar-refractivity contribution in [1.82, 2.24) is 5.32 Å². The fourth-order valence-corrected chi connectivity index (χ4v) is 1.88. The molecule has 0 aromatic heterocycles. The van der Waals surface area contributed by atoms with Crippen LogP contribution in [0.2, 0.25) is 0 Å². The summed E-state index contributed by atoms with van der Waals surface area (Å²) in [6.45, 7) is 0. The minimum atomic E-state index is 0.158. The third-order valence-corrected chi connectivity index (χ3v) is 2.82. The van der Waals surface area contributed by atoms with Crippen molar-refractivity contribution >= 4 is 11.8 Å². The molecular formula is C11H13NS. The molecule has 1 unspecified atom stereocenters. The van der Waals surface area contributed by atoms with Gasteiger partial charge in [0.1, 0.15) is 0 Å². The zero-order valence-electron chi connectivity index (χ0n) is 7.66. The largest absolute Gasteiger partial charge is 0.306 e. The monoisotopic (exact) mass is 191 g/mol. The van der Waals surface area contributed by atoms with E-state index in [1.165, 1.54) is 4.90 Å². The summed E-state index contributed by atoms with van der Waals surface area (Å²) in [5.74, 6) is 3.60. The summed E-state index contributed by atoms with van der Waals surface area (Å²) in [5.41, 5.74) is 0. The van der Waals surface area contributed by atoms with Crippen LogP contribution in [0, 0.1) is 12.3 Å². The Morgan fingerprint density at radius 3 is 2.69 bits per heavy atom. The number of thioether (sulfide) groups is 1. The SMILES string of the molecule is C#CC(CSc1ccccc1)NC. The van der Waals surface area contributed by atoms with E-state index in [1.54, 1.807) is 11.8 Å². The molecule has 0 spiro atoms. The molecule has 68 valence electrons. The van der Waals surface area contributed by atoms with E-state index in [-0.39, 0.29) is 6.04 Å². The molecule has 1 aromatic rings. The van der Waals surface area contributed by atoms with Crippen LogP contribution in [0.5, 0.6) is 0 Å². The maximum absolute atomic E-state index is 5.32. The Bertz CT molecular complexity index is 276. The molecule has 0 fully saturated rings. The summed E-state index contributed by atoms with van der Waals surface area (Å²) in [4.78, 5) is 1.26. The van der Waals surface area contributed by atoms with Crippen LogP contribution in [0.3, 0.4) is 0 Å². The van der Waals surface area contributed by atoms with Gasteiger partial charge in [-0.2, -0.15) is 0 Å². The number of hydrogen-bond acceptors (Lipinski definition) is 2. The molecule has 0 bridgehead atoms. The molecule has 0 radical (unpaired) electrons. The second-order valence-corrected chi connectivity index (χ2v) is 3.73. The first kappa shape index (κ1) is 10.2. The van der Waals surface area contributed by atoms with Gasteiger partial charge < -0.3 is 5.32 Å². The molecule has 0 heterocycles. The van der Waals surface area contributed by atoms with E-state index in [0.717, 1.165) is 5.75 Å². The topological polar surface area (TPSA) is 12.0 Å². The van der Waals surface area contributed by atoms with Gasteiger partial charge in [0, 0.05) is 10.6 Å². The van der Waals surface area contributed by atoms with Gasteiger partial charge in [0.2, 0.25) is 0 Å². The van der Waals surface area contributed by atoms with Crippen molar-refractivity contribution in [2.75, 3.05) is 12.8 Å². The van der Waals surface area contributed by atoms with Gasteiger partial charge in [-0.25, -0.2) is 0 Å². The average Bonchev–Trinajstić information content (AvgIpc) is 2.21. The molecule has 2 heteroatoms. The molecular weight excluding hydrogens is 178 g/mol. The van der Waals surface area contributed by atoms with Crippen molar-refractivity contribution < 1.29 is 0 Å². The minimum absolute atomic E-state index is 0.158. The molecule has 0 saturated heterocycles. The van der Waals surface area contributed by atoms with Crippen molar-refractivity contribution in [3.05, 3.63) is 30.3 Å². The van der Waals surface area contributed by atoms with Crippen LogP contribution in [0.1, 0.15) is 0 Å². The number of hydrogen-bond donors (Lipinski definition) is 1. The molecule has 0 aliphatic heterocycles. The summed E-state index contributed by atoms with van der Waals surface area (Å²) >= 11 is 1.77. The smallest absolute Gasteiger partial charge is 0.0779 e. The highest BCUT2D eigenvalue weighted by Crippen LogP contribution is 2.17. The van der Waals surface area contributed by atoms with Crippen LogP contribution in [0.4, 0.5) is 0 Å². The van der Waals surface area contributed by atoms with E-state index in [0.29, 0.717) is 0 Å². The Hall–Kier alpha value is -0.910. The second-order valence-electron chi connectivity index (χ2n) is 2.63. The summed E-state index contributed by atoms with van der Waals surface area (Å²) < 4.78 is 0. The second kappa shape index (κ2) is 5.69. The van der Waals surface area contributed by atoms with Crippen molar-refractivity contribution in [2.45, 2.75) is 10.9 Å².